The number of tetrazole rings is 1. The van der Waals surface area contributed by atoms with Crippen LogP contribution in [0.25, 0.3) is 5.82 Å². The van der Waals surface area contributed by atoms with Crippen LogP contribution in [-0.2, 0) is 18.9 Å². The summed E-state index contributed by atoms with van der Waals surface area (Å²) >= 11 is 3.31. The molecule has 228 valence electrons. The lowest BCUT2D eigenvalue weighted by Crippen LogP contribution is -2.41. The second-order valence-corrected chi connectivity index (χ2v) is 11.2. The van der Waals surface area contributed by atoms with Gasteiger partial charge in [-0.15, -0.1) is 5.10 Å². The number of benzene rings is 1. The number of aromatic nitrogens is 7. The molecule has 11 nitrogen and oxygen atoms in total. The van der Waals surface area contributed by atoms with E-state index < -0.39 is 59.2 Å². The van der Waals surface area contributed by atoms with Crippen molar-refractivity contribution in [2.45, 2.75) is 52.1 Å². The van der Waals surface area contributed by atoms with Crippen LogP contribution in [0.2, 0.25) is 0 Å². The molecule has 0 atom stereocenters. The van der Waals surface area contributed by atoms with Gasteiger partial charge in [-0.05, 0) is 74.0 Å². The van der Waals surface area contributed by atoms with E-state index in [-0.39, 0.29) is 16.9 Å². The van der Waals surface area contributed by atoms with E-state index in [4.69, 9.17) is 0 Å². The number of aryl methyl sites for hydroxylation is 1. The maximum Gasteiger partial charge on any atom is 0.453 e. The standard InChI is InChI=1S/C25H22BrF6N9O2/c1-12-8-13(26)9-15(20(42)35-23(2,3)4)18(12)34-21(43)17-10-14(11-40-22(25(30,31)32)36-38-39-40)37-41(17)19-16(24(27,28)29)6-5-7-33-19/h5-10H,11H2,1-4H3,(H,34,43)(H,35,42). The number of carbonyl (C=O) groups excluding carboxylic acids is 2. The van der Waals surface area contributed by atoms with Crippen molar-refractivity contribution in [1.82, 2.24) is 40.3 Å². The number of nitrogens with one attached hydrogen (secondary N) is 2. The van der Waals surface area contributed by atoms with E-state index in [1.807, 2.05) is 0 Å². The predicted molar refractivity (Wildman–Crippen MR) is 142 cm³/mol. The third-order valence-electron chi connectivity index (χ3n) is 5.65. The summed E-state index contributed by atoms with van der Waals surface area (Å²) in [6.45, 7) is 6.07. The fraction of sp³-hybridized carbons (Fsp3) is 0.320. The minimum Gasteiger partial charge on any atom is -0.347 e. The number of alkyl halides is 6. The quantitative estimate of drug-likeness (QED) is 0.269. The van der Waals surface area contributed by atoms with E-state index in [1.54, 1.807) is 33.8 Å². The molecule has 18 heteroatoms. The molecule has 1 aromatic carbocycles. The Morgan fingerprint density at radius 1 is 1.00 bits per heavy atom. The highest BCUT2D eigenvalue weighted by molar-refractivity contribution is 9.10. The van der Waals surface area contributed by atoms with Crippen LogP contribution in [0.3, 0.4) is 0 Å². The summed E-state index contributed by atoms with van der Waals surface area (Å²) in [5.74, 6) is -3.87. The zero-order valence-corrected chi connectivity index (χ0v) is 24.3. The molecule has 0 aliphatic heterocycles. The topological polar surface area (TPSA) is 133 Å². The van der Waals surface area contributed by atoms with Crippen molar-refractivity contribution in [3.8, 4) is 5.82 Å². The third-order valence-corrected chi connectivity index (χ3v) is 6.11. The Balaban J connectivity index is 1.84. The number of halogens is 7. The summed E-state index contributed by atoms with van der Waals surface area (Å²) < 4.78 is 83.1. The van der Waals surface area contributed by atoms with Gasteiger partial charge in [0, 0.05) is 16.2 Å². The normalized spacial score (nSPS) is 12.3. The van der Waals surface area contributed by atoms with E-state index in [2.05, 4.69) is 52.2 Å². The van der Waals surface area contributed by atoms with Gasteiger partial charge in [-0.1, -0.05) is 15.9 Å². The lowest BCUT2D eigenvalue weighted by Gasteiger charge is -2.22. The number of nitrogens with zero attached hydrogens (tertiary/aromatic N) is 7. The first-order valence-electron chi connectivity index (χ1n) is 12.2. The van der Waals surface area contributed by atoms with Crippen LogP contribution in [0.4, 0.5) is 32.0 Å². The summed E-state index contributed by atoms with van der Waals surface area (Å²) in [6, 6.07) is 5.77. The fourth-order valence-electron chi connectivity index (χ4n) is 3.96. The number of amides is 2. The first kappa shape index (κ1) is 31.6. The Morgan fingerprint density at radius 3 is 2.33 bits per heavy atom. The largest absolute Gasteiger partial charge is 0.453 e. The fourth-order valence-corrected chi connectivity index (χ4v) is 4.53. The van der Waals surface area contributed by atoms with Crippen molar-refractivity contribution < 1.29 is 35.9 Å². The molecule has 3 heterocycles. The molecule has 3 aromatic heterocycles. The summed E-state index contributed by atoms with van der Waals surface area (Å²) in [7, 11) is 0. The number of carbonyl (C=O) groups is 2. The molecule has 0 bridgehead atoms. The van der Waals surface area contributed by atoms with Crippen LogP contribution in [0.5, 0.6) is 0 Å². The van der Waals surface area contributed by atoms with Crippen molar-refractivity contribution in [3.63, 3.8) is 0 Å². The van der Waals surface area contributed by atoms with Crippen LogP contribution in [-0.4, -0.2) is 52.3 Å². The number of rotatable bonds is 6. The van der Waals surface area contributed by atoms with E-state index >= 15 is 0 Å². The first-order valence-corrected chi connectivity index (χ1v) is 13.0. The summed E-state index contributed by atoms with van der Waals surface area (Å²) in [6.07, 6.45) is -8.84. The Kier molecular flexibility index (Phi) is 8.36. The predicted octanol–water partition coefficient (Wildman–Crippen LogP) is 5.19. The van der Waals surface area contributed by atoms with Crippen molar-refractivity contribution in [3.05, 3.63) is 74.9 Å². The summed E-state index contributed by atoms with van der Waals surface area (Å²) in [4.78, 5) is 30.5. The van der Waals surface area contributed by atoms with Crippen molar-refractivity contribution >= 4 is 33.4 Å². The molecule has 0 saturated carbocycles. The van der Waals surface area contributed by atoms with Gasteiger partial charge in [0.05, 0.1) is 23.5 Å². The van der Waals surface area contributed by atoms with Crippen LogP contribution in [0.15, 0.2) is 41.0 Å². The Labute approximate surface area is 247 Å². The molecule has 4 aromatic rings. The van der Waals surface area contributed by atoms with Gasteiger partial charge >= 0.3 is 12.4 Å². The lowest BCUT2D eigenvalue weighted by molar-refractivity contribution is -0.147. The molecule has 0 fully saturated rings. The van der Waals surface area contributed by atoms with Crippen LogP contribution < -0.4 is 10.6 Å². The monoisotopic (exact) mass is 673 g/mol. The van der Waals surface area contributed by atoms with E-state index in [0.717, 1.165) is 18.3 Å². The molecule has 0 spiro atoms. The number of hydrogen-bond donors (Lipinski definition) is 2. The van der Waals surface area contributed by atoms with Gasteiger partial charge in [-0.3, -0.25) is 9.59 Å². The SMILES string of the molecule is Cc1cc(Br)cc(C(=O)NC(C)(C)C)c1NC(=O)c1cc(Cn2nnnc2C(F)(F)F)nn1-c1ncccc1C(F)(F)F. The smallest absolute Gasteiger partial charge is 0.347 e. The molecule has 0 radical (unpaired) electrons. The van der Waals surface area contributed by atoms with Crippen LogP contribution in [0, 0.1) is 6.92 Å². The Bertz CT molecular complexity index is 1690. The molecule has 4 rings (SSSR count). The van der Waals surface area contributed by atoms with Gasteiger partial charge in [0.25, 0.3) is 17.6 Å². The minimum atomic E-state index is -4.94. The van der Waals surface area contributed by atoms with Gasteiger partial charge < -0.3 is 10.6 Å². The molecule has 2 amide bonds. The van der Waals surface area contributed by atoms with Crippen LogP contribution in [0.1, 0.15) is 64.3 Å². The van der Waals surface area contributed by atoms with Crippen molar-refractivity contribution in [1.29, 1.82) is 0 Å². The number of anilines is 1. The molecule has 0 aliphatic carbocycles. The highest BCUT2D eigenvalue weighted by atomic mass is 79.9. The second-order valence-electron chi connectivity index (χ2n) is 10.3. The molecular formula is C25H22BrF6N9O2. The van der Waals surface area contributed by atoms with Crippen molar-refractivity contribution in [2.24, 2.45) is 0 Å². The lowest BCUT2D eigenvalue weighted by atomic mass is 10.0. The minimum absolute atomic E-state index is 0.0405. The second kappa shape index (κ2) is 11.4. The molecule has 0 aliphatic rings. The maximum absolute atomic E-state index is 13.9. The number of pyridine rings is 1. The van der Waals surface area contributed by atoms with Gasteiger partial charge in [-0.25, -0.2) is 14.3 Å². The highest BCUT2D eigenvalue weighted by Gasteiger charge is 2.39. The molecule has 43 heavy (non-hydrogen) atoms. The van der Waals surface area contributed by atoms with Gasteiger partial charge in [0.2, 0.25) is 0 Å². The third kappa shape index (κ3) is 7.18. The van der Waals surface area contributed by atoms with Crippen LogP contribution >= 0.6 is 15.9 Å². The number of hydrogen-bond acceptors (Lipinski definition) is 7. The maximum atomic E-state index is 13.9. The zero-order chi connectivity index (χ0) is 31.9. The molecular weight excluding hydrogens is 652 g/mol. The van der Waals surface area contributed by atoms with Gasteiger partial charge in [-0.2, -0.15) is 31.4 Å². The summed E-state index contributed by atoms with van der Waals surface area (Å²) in [5.41, 5.74) is -2.22. The Hall–Kier alpha value is -4.35. The average Bonchev–Trinajstić information content (AvgIpc) is 3.51. The molecule has 0 unspecified atom stereocenters. The molecule has 2 N–H and O–H groups in total. The van der Waals surface area contributed by atoms with E-state index in [0.29, 0.717) is 25.5 Å². The molecule has 0 saturated heterocycles. The highest BCUT2D eigenvalue weighted by Crippen LogP contribution is 2.34. The van der Waals surface area contributed by atoms with Gasteiger partial charge in [0.1, 0.15) is 11.3 Å². The first-order chi connectivity index (χ1) is 19.8. The van der Waals surface area contributed by atoms with E-state index in [9.17, 15) is 35.9 Å². The average molecular weight is 674 g/mol. The van der Waals surface area contributed by atoms with Crippen molar-refractivity contribution in [2.75, 3.05) is 5.32 Å². The van der Waals surface area contributed by atoms with E-state index in [1.165, 1.54) is 6.07 Å². The summed E-state index contributed by atoms with van der Waals surface area (Å²) in [5, 5.41) is 18.5. The van der Waals surface area contributed by atoms with Gasteiger partial charge in [0.15, 0.2) is 5.82 Å². The zero-order valence-electron chi connectivity index (χ0n) is 22.8. The Morgan fingerprint density at radius 2 is 1.70 bits per heavy atom.